The van der Waals surface area contributed by atoms with E-state index in [1.54, 1.807) is 56.3 Å². The topological polar surface area (TPSA) is 118 Å². The number of benzene rings is 3. The number of aliphatic hydroxyl groups is 1. The van der Waals surface area contributed by atoms with Gasteiger partial charge in [0.15, 0.2) is 0 Å². The summed E-state index contributed by atoms with van der Waals surface area (Å²) in [7, 11) is 0. The Morgan fingerprint density at radius 2 is 1.95 bits per heavy atom. The van der Waals surface area contributed by atoms with E-state index in [0.29, 0.717) is 59.1 Å². The van der Waals surface area contributed by atoms with Crippen LogP contribution >= 0.6 is 0 Å². The minimum absolute atomic E-state index is 0.00987. The minimum Gasteiger partial charge on any atom is -0.492 e. The maximum absolute atomic E-state index is 15.0. The quantitative estimate of drug-likeness (QED) is 0.362. The lowest BCUT2D eigenvalue weighted by Crippen LogP contribution is -2.28. The minimum atomic E-state index is -1.08. The monoisotopic (exact) mass is 533 g/mol. The molecule has 202 valence electrons. The Bertz CT molecular complexity index is 1460. The maximum atomic E-state index is 15.0. The Labute approximate surface area is 225 Å². The Kier molecular flexibility index (Phi) is 7.06. The lowest BCUT2D eigenvalue weighted by Gasteiger charge is -2.19. The molecule has 9 heteroatoms. The summed E-state index contributed by atoms with van der Waals surface area (Å²) in [6.45, 7) is 3.49. The van der Waals surface area contributed by atoms with Crippen molar-refractivity contribution < 1.29 is 38.3 Å². The first-order valence-electron chi connectivity index (χ1n) is 12.6. The number of halogens is 1. The average Bonchev–Trinajstić information content (AvgIpc) is 3.48. The lowest BCUT2D eigenvalue weighted by atomic mass is 9.98. The van der Waals surface area contributed by atoms with Gasteiger partial charge < -0.3 is 29.2 Å². The Morgan fingerprint density at radius 1 is 1.15 bits per heavy atom. The highest BCUT2D eigenvalue weighted by atomic mass is 19.1. The van der Waals surface area contributed by atoms with Crippen molar-refractivity contribution in [2.45, 2.75) is 50.7 Å². The highest BCUT2D eigenvalue weighted by Gasteiger charge is 2.32. The van der Waals surface area contributed by atoms with Crippen LogP contribution in [0.25, 0.3) is 0 Å². The van der Waals surface area contributed by atoms with Crippen LogP contribution in [0.15, 0.2) is 48.5 Å². The number of carbonyl (C=O) groups is 1. The maximum Gasteiger partial charge on any atom is 0.304 e. The van der Waals surface area contributed by atoms with Gasteiger partial charge in [-0.15, -0.1) is 0 Å². The summed E-state index contributed by atoms with van der Waals surface area (Å²) in [5.74, 6) is 0.765. The highest BCUT2D eigenvalue weighted by Crippen LogP contribution is 2.44. The molecule has 5 rings (SSSR count). The third-order valence-corrected chi connectivity index (χ3v) is 6.69. The van der Waals surface area contributed by atoms with Crippen LogP contribution in [0.5, 0.6) is 28.7 Å². The zero-order valence-corrected chi connectivity index (χ0v) is 21.6. The van der Waals surface area contributed by atoms with E-state index in [4.69, 9.17) is 24.1 Å². The summed E-state index contributed by atoms with van der Waals surface area (Å²) < 4.78 is 38.6. The van der Waals surface area contributed by atoms with Crippen LogP contribution in [0.1, 0.15) is 61.0 Å². The van der Waals surface area contributed by atoms with Crippen LogP contribution in [0.3, 0.4) is 0 Å². The molecule has 1 aliphatic carbocycles. The van der Waals surface area contributed by atoms with Gasteiger partial charge in [0, 0.05) is 34.7 Å². The number of nitriles is 1. The number of carboxylic acid groups (broad SMARTS) is 1. The van der Waals surface area contributed by atoms with Crippen molar-refractivity contribution in [1.29, 1.82) is 5.26 Å². The number of fused-ring (bicyclic) bond motifs is 2. The first-order valence-corrected chi connectivity index (χ1v) is 12.6. The zero-order chi connectivity index (χ0) is 27.7. The molecule has 2 N–H and O–H groups in total. The number of hydrogen-bond acceptors (Lipinski definition) is 7. The zero-order valence-electron chi connectivity index (χ0n) is 21.6. The predicted octanol–water partition coefficient (Wildman–Crippen LogP) is 5.66. The second kappa shape index (κ2) is 10.5. The van der Waals surface area contributed by atoms with E-state index in [1.807, 2.05) is 0 Å². The van der Waals surface area contributed by atoms with E-state index in [-0.39, 0.29) is 24.7 Å². The van der Waals surface area contributed by atoms with Gasteiger partial charge in [0.05, 0.1) is 24.2 Å². The molecule has 0 spiro atoms. The number of ether oxygens (including phenoxy) is 4. The number of carboxylic acids is 1. The highest BCUT2D eigenvalue weighted by molar-refractivity contribution is 5.69. The fourth-order valence-electron chi connectivity index (χ4n) is 4.89. The molecule has 1 unspecified atom stereocenters. The van der Waals surface area contributed by atoms with E-state index < -0.39 is 23.5 Å². The summed E-state index contributed by atoms with van der Waals surface area (Å²) in [5, 5.41) is 28.5. The standard InChI is InChI=1S/C30H28FNO7/c1-30(2,35)16-37-26-12-19(4-3-17(26)14-32)38-24-10-8-23(31)29-22(24)7-9-25(29)39-20-5-6-21-18(11-28(33)34)15-36-27(21)13-20/h3-6,8,10,12-13,18,25,35H,7,9,11,15-16H2,1-2H3,(H,33,34)/t18?,25-/m1/s1. The summed E-state index contributed by atoms with van der Waals surface area (Å²) in [4.78, 5) is 11.1. The van der Waals surface area contributed by atoms with Gasteiger partial charge >= 0.3 is 5.97 Å². The second-order valence-corrected chi connectivity index (χ2v) is 10.4. The van der Waals surface area contributed by atoms with Gasteiger partial charge in [0.2, 0.25) is 0 Å². The van der Waals surface area contributed by atoms with Crippen LogP contribution in [-0.2, 0) is 11.2 Å². The molecule has 0 saturated carbocycles. The van der Waals surface area contributed by atoms with Crippen molar-refractivity contribution in [3.05, 3.63) is 76.6 Å². The second-order valence-electron chi connectivity index (χ2n) is 10.4. The molecule has 1 heterocycles. The lowest BCUT2D eigenvalue weighted by molar-refractivity contribution is -0.137. The van der Waals surface area contributed by atoms with Gasteiger partial charge in [-0.05, 0) is 57.0 Å². The third kappa shape index (κ3) is 5.76. The molecule has 2 aliphatic rings. The molecule has 3 aromatic carbocycles. The molecule has 0 saturated heterocycles. The van der Waals surface area contributed by atoms with Gasteiger partial charge in [0.1, 0.15) is 53.3 Å². The molecule has 0 aromatic heterocycles. The molecule has 0 amide bonds. The van der Waals surface area contributed by atoms with Crippen LogP contribution < -0.4 is 18.9 Å². The van der Waals surface area contributed by atoms with Crippen LogP contribution in [0.2, 0.25) is 0 Å². The number of nitrogens with zero attached hydrogens (tertiary/aromatic N) is 1. The predicted molar refractivity (Wildman–Crippen MR) is 138 cm³/mol. The van der Waals surface area contributed by atoms with Gasteiger partial charge in [-0.1, -0.05) is 6.07 Å². The van der Waals surface area contributed by atoms with E-state index in [1.165, 1.54) is 6.07 Å². The van der Waals surface area contributed by atoms with Crippen molar-refractivity contribution in [1.82, 2.24) is 0 Å². The number of hydrogen-bond donors (Lipinski definition) is 2. The van der Waals surface area contributed by atoms with E-state index in [9.17, 15) is 15.2 Å². The molecule has 0 fully saturated rings. The molecular formula is C30H28FNO7. The van der Waals surface area contributed by atoms with Crippen molar-refractivity contribution >= 4 is 5.97 Å². The van der Waals surface area contributed by atoms with Gasteiger partial charge in [-0.25, -0.2) is 4.39 Å². The molecule has 3 aromatic rings. The van der Waals surface area contributed by atoms with Crippen LogP contribution in [0, 0.1) is 17.1 Å². The Morgan fingerprint density at radius 3 is 2.69 bits per heavy atom. The summed E-state index contributed by atoms with van der Waals surface area (Å²) in [6.07, 6.45) is 0.528. The average molecular weight is 534 g/mol. The molecular weight excluding hydrogens is 505 g/mol. The van der Waals surface area contributed by atoms with Crippen molar-refractivity contribution in [2.24, 2.45) is 0 Å². The fraction of sp³-hybridized carbons (Fsp3) is 0.333. The normalized spacial score (nSPS) is 17.5. The van der Waals surface area contributed by atoms with Crippen molar-refractivity contribution in [2.75, 3.05) is 13.2 Å². The van der Waals surface area contributed by atoms with Gasteiger partial charge in [-0.3, -0.25) is 4.79 Å². The molecule has 0 radical (unpaired) electrons. The number of rotatable bonds is 9. The van der Waals surface area contributed by atoms with Gasteiger partial charge in [0.25, 0.3) is 0 Å². The Balaban J connectivity index is 1.35. The van der Waals surface area contributed by atoms with E-state index >= 15 is 4.39 Å². The summed E-state index contributed by atoms with van der Waals surface area (Å²) in [6, 6.07) is 15.0. The van der Waals surface area contributed by atoms with E-state index in [2.05, 4.69) is 6.07 Å². The molecule has 1 aliphatic heterocycles. The van der Waals surface area contributed by atoms with Crippen LogP contribution in [0.4, 0.5) is 4.39 Å². The van der Waals surface area contributed by atoms with Crippen LogP contribution in [-0.4, -0.2) is 35.0 Å². The fourth-order valence-corrected chi connectivity index (χ4v) is 4.89. The molecule has 39 heavy (non-hydrogen) atoms. The SMILES string of the molecule is CC(C)(O)COc1cc(Oc2ccc(F)c3c2CC[C@H]3Oc2ccc3c(c2)OCC3CC(=O)O)ccc1C#N. The number of aliphatic carboxylic acids is 1. The summed E-state index contributed by atoms with van der Waals surface area (Å²) in [5.41, 5.74) is 1.16. The first-order chi connectivity index (χ1) is 18.6. The van der Waals surface area contributed by atoms with Crippen molar-refractivity contribution in [3.63, 3.8) is 0 Å². The molecule has 0 bridgehead atoms. The smallest absolute Gasteiger partial charge is 0.304 e. The molecule has 2 atom stereocenters. The van der Waals surface area contributed by atoms with Gasteiger partial charge in [-0.2, -0.15) is 5.26 Å². The summed E-state index contributed by atoms with van der Waals surface area (Å²) >= 11 is 0. The third-order valence-electron chi connectivity index (χ3n) is 6.69. The Hall–Kier alpha value is -4.29. The van der Waals surface area contributed by atoms with E-state index in [0.717, 1.165) is 5.56 Å². The van der Waals surface area contributed by atoms with Crippen molar-refractivity contribution in [3.8, 4) is 34.8 Å². The molecule has 8 nitrogen and oxygen atoms in total. The first kappa shape index (κ1) is 26.3. The largest absolute Gasteiger partial charge is 0.492 e.